The summed E-state index contributed by atoms with van der Waals surface area (Å²) >= 11 is 6.08. The van der Waals surface area contributed by atoms with Crippen molar-refractivity contribution in [1.82, 2.24) is 24.8 Å². The van der Waals surface area contributed by atoms with Crippen LogP contribution in [0.15, 0.2) is 43.0 Å². The Labute approximate surface area is 156 Å². The molecule has 2 N–H and O–H groups in total. The van der Waals surface area contributed by atoms with E-state index in [2.05, 4.69) is 25.6 Å². The number of carbonyl (C=O) groups is 1. The maximum absolute atomic E-state index is 13.2. The van der Waals surface area contributed by atoms with Crippen molar-refractivity contribution in [1.29, 1.82) is 0 Å². The lowest BCUT2D eigenvalue weighted by Crippen LogP contribution is -2.12. The Morgan fingerprint density at radius 2 is 2.19 bits per heavy atom. The molecule has 0 atom stereocenters. The molecule has 1 amide bonds. The Morgan fingerprint density at radius 1 is 1.33 bits per heavy atom. The molecule has 136 valence electrons. The third-order valence-corrected chi connectivity index (χ3v) is 4.12. The van der Waals surface area contributed by atoms with Crippen molar-refractivity contribution in [2.75, 3.05) is 12.4 Å². The summed E-state index contributed by atoms with van der Waals surface area (Å²) in [5, 5.41) is 14.0. The van der Waals surface area contributed by atoms with Crippen LogP contribution in [0.2, 0.25) is 5.02 Å². The lowest BCUT2D eigenvalue weighted by molar-refractivity contribution is 0.102. The zero-order chi connectivity index (χ0) is 19.0. The van der Waals surface area contributed by atoms with E-state index in [-0.39, 0.29) is 11.2 Å². The number of amides is 1. The second-order valence-electron chi connectivity index (χ2n) is 5.56. The number of hydrogen-bond acceptors (Lipinski definition) is 5. The zero-order valence-corrected chi connectivity index (χ0v) is 14.7. The number of benzene rings is 1. The number of rotatable bonds is 4. The van der Waals surface area contributed by atoms with Gasteiger partial charge < -0.3 is 10.1 Å². The number of halogens is 2. The predicted molar refractivity (Wildman–Crippen MR) is 96.5 cm³/mol. The molecule has 4 rings (SSSR count). The summed E-state index contributed by atoms with van der Waals surface area (Å²) in [6.07, 6.45) is 4.94. The topological polar surface area (TPSA) is 97.2 Å². The van der Waals surface area contributed by atoms with Gasteiger partial charge in [-0.3, -0.25) is 9.89 Å². The van der Waals surface area contributed by atoms with Gasteiger partial charge in [0, 0.05) is 10.6 Å². The standard InChI is InChI=1S/C17H12ClFN6O2/c1-27-14-3-2-9(18)4-11(14)15-13(7-21-24-15)23-17(26)12-6-22-25-8-10(19)5-20-16(12)25/h2-8H,1H3,(H,21,24)(H,23,26). The molecule has 0 aliphatic heterocycles. The second-order valence-corrected chi connectivity index (χ2v) is 5.99. The highest BCUT2D eigenvalue weighted by Crippen LogP contribution is 2.35. The lowest BCUT2D eigenvalue weighted by atomic mass is 10.1. The molecule has 4 aromatic rings. The molecule has 0 fully saturated rings. The largest absolute Gasteiger partial charge is 0.496 e. The minimum absolute atomic E-state index is 0.195. The first-order valence-electron chi connectivity index (χ1n) is 7.74. The van der Waals surface area contributed by atoms with Crippen molar-refractivity contribution >= 4 is 28.8 Å². The first-order valence-corrected chi connectivity index (χ1v) is 8.12. The van der Waals surface area contributed by atoms with Gasteiger partial charge in [-0.1, -0.05) is 11.6 Å². The number of anilines is 1. The Bertz CT molecular complexity index is 1160. The number of aromatic nitrogens is 5. The predicted octanol–water partition coefficient (Wildman–Crippen LogP) is 3.17. The first kappa shape index (κ1) is 17.0. The van der Waals surface area contributed by atoms with E-state index in [1.54, 1.807) is 18.2 Å². The van der Waals surface area contributed by atoms with Gasteiger partial charge in [0.15, 0.2) is 11.5 Å². The van der Waals surface area contributed by atoms with Gasteiger partial charge in [0.1, 0.15) is 11.3 Å². The number of methoxy groups -OCH3 is 1. The van der Waals surface area contributed by atoms with Crippen LogP contribution in [0.4, 0.5) is 10.1 Å². The van der Waals surface area contributed by atoms with Crippen LogP contribution in [0.1, 0.15) is 10.4 Å². The van der Waals surface area contributed by atoms with E-state index in [1.165, 1.54) is 24.0 Å². The molecular weight excluding hydrogens is 375 g/mol. The molecule has 8 nitrogen and oxygen atoms in total. The summed E-state index contributed by atoms with van der Waals surface area (Å²) in [5.41, 5.74) is 2.01. The fourth-order valence-electron chi connectivity index (χ4n) is 2.66. The molecule has 0 saturated heterocycles. The number of ether oxygens (including phenoxy) is 1. The molecular formula is C17H12ClFN6O2. The smallest absolute Gasteiger partial charge is 0.261 e. The summed E-state index contributed by atoms with van der Waals surface area (Å²) in [6.45, 7) is 0. The molecule has 0 aliphatic rings. The zero-order valence-electron chi connectivity index (χ0n) is 13.9. The number of nitrogens with one attached hydrogen (secondary N) is 2. The van der Waals surface area contributed by atoms with Gasteiger partial charge in [0.2, 0.25) is 0 Å². The van der Waals surface area contributed by atoms with Crippen LogP contribution in [0.3, 0.4) is 0 Å². The van der Waals surface area contributed by atoms with E-state index in [1.807, 2.05) is 0 Å². The van der Waals surface area contributed by atoms with E-state index >= 15 is 0 Å². The SMILES string of the molecule is COc1ccc(Cl)cc1-c1[nH]ncc1NC(=O)c1cnn2cc(F)cnc12. The molecule has 0 saturated carbocycles. The fraction of sp³-hybridized carbons (Fsp3) is 0.0588. The van der Waals surface area contributed by atoms with Crippen molar-refractivity contribution in [2.45, 2.75) is 0 Å². The maximum Gasteiger partial charge on any atom is 0.261 e. The average Bonchev–Trinajstić information content (AvgIpc) is 3.28. The van der Waals surface area contributed by atoms with Crippen LogP contribution in [-0.2, 0) is 0 Å². The molecule has 1 aromatic carbocycles. The van der Waals surface area contributed by atoms with Gasteiger partial charge >= 0.3 is 0 Å². The quantitative estimate of drug-likeness (QED) is 0.561. The fourth-order valence-corrected chi connectivity index (χ4v) is 2.84. The van der Waals surface area contributed by atoms with Crippen LogP contribution in [0.25, 0.3) is 16.9 Å². The van der Waals surface area contributed by atoms with Crippen molar-refractivity contribution in [3.05, 3.63) is 59.4 Å². The van der Waals surface area contributed by atoms with Gasteiger partial charge in [0.05, 0.1) is 43.3 Å². The molecule has 0 spiro atoms. The summed E-state index contributed by atoms with van der Waals surface area (Å²) < 4.78 is 19.8. The number of aromatic amines is 1. The monoisotopic (exact) mass is 386 g/mol. The maximum atomic E-state index is 13.2. The molecule has 3 heterocycles. The molecule has 0 unspecified atom stereocenters. The van der Waals surface area contributed by atoms with Gasteiger partial charge in [0.25, 0.3) is 5.91 Å². The van der Waals surface area contributed by atoms with Gasteiger partial charge in [-0.2, -0.15) is 10.2 Å². The number of hydrogen-bond donors (Lipinski definition) is 2. The van der Waals surface area contributed by atoms with E-state index < -0.39 is 11.7 Å². The summed E-state index contributed by atoms with van der Waals surface area (Å²) in [5.74, 6) is -0.456. The lowest BCUT2D eigenvalue weighted by Gasteiger charge is -2.10. The van der Waals surface area contributed by atoms with Crippen LogP contribution >= 0.6 is 11.6 Å². The third kappa shape index (κ3) is 3.08. The summed E-state index contributed by atoms with van der Waals surface area (Å²) in [6, 6.07) is 5.11. The molecule has 0 aliphatic carbocycles. The van der Waals surface area contributed by atoms with Crippen molar-refractivity contribution in [3.63, 3.8) is 0 Å². The highest BCUT2D eigenvalue weighted by Gasteiger charge is 2.19. The van der Waals surface area contributed by atoms with E-state index in [9.17, 15) is 9.18 Å². The Kier molecular flexibility index (Phi) is 4.21. The third-order valence-electron chi connectivity index (χ3n) is 3.89. The second kappa shape index (κ2) is 6.69. The average molecular weight is 387 g/mol. The highest BCUT2D eigenvalue weighted by molar-refractivity contribution is 6.31. The van der Waals surface area contributed by atoms with E-state index in [0.717, 1.165) is 12.4 Å². The van der Waals surface area contributed by atoms with Crippen molar-refractivity contribution in [3.8, 4) is 17.0 Å². The Hall–Kier alpha value is -3.46. The van der Waals surface area contributed by atoms with Crippen LogP contribution < -0.4 is 10.1 Å². The number of H-pyrrole nitrogens is 1. The first-order chi connectivity index (χ1) is 13.1. The van der Waals surface area contributed by atoms with Crippen molar-refractivity contribution in [2.24, 2.45) is 0 Å². The summed E-state index contributed by atoms with van der Waals surface area (Å²) in [7, 11) is 1.53. The number of carbonyl (C=O) groups excluding carboxylic acids is 1. The number of fused-ring (bicyclic) bond motifs is 1. The van der Waals surface area contributed by atoms with Gasteiger partial charge in [-0.05, 0) is 18.2 Å². The molecule has 27 heavy (non-hydrogen) atoms. The van der Waals surface area contributed by atoms with Crippen LogP contribution in [-0.4, -0.2) is 37.8 Å². The summed E-state index contributed by atoms with van der Waals surface area (Å²) in [4.78, 5) is 16.6. The van der Waals surface area contributed by atoms with E-state index in [0.29, 0.717) is 27.7 Å². The molecule has 3 aromatic heterocycles. The number of nitrogens with zero attached hydrogens (tertiary/aromatic N) is 4. The normalized spacial score (nSPS) is 10.9. The van der Waals surface area contributed by atoms with Crippen molar-refractivity contribution < 1.29 is 13.9 Å². The highest BCUT2D eigenvalue weighted by atomic mass is 35.5. The minimum Gasteiger partial charge on any atom is -0.496 e. The van der Waals surface area contributed by atoms with Crippen LogP contribution in [0, 0.1) is 5.82 Å². The van der Waals surface area contributed by atoms with Gasteiger partial charge in [-0.15, -0.1) is 0 Å². The van der Waals surface area contributed by atoms with Crippen LogP contribution in [0.5, 0.6) is 5.75 Å². The molecule has 0 bridgehead atoms. The van der Waals surface area contributed by atoms with E-state index in [4.69, 9.17) is 16.3 Å². The van der Waals surface area contributed by atoms with Gasteiger partial charge in [-0.25, -0.2) is 13.9 Å². The molecule has 10 heteroatoms. The minimum atomic E-state index is -0.553. The Balaban J connectivity index is 1.69. The molecule has 0 radical (unpaired) electrons. The Morgan fingerprint density at radius 3 is 3.00 bits per heavy atom.